The average Bonchev–Trinajstić information content (AvgIpc) is 3.19. The zero-order valence-electron chi connectivity index (χ0n) is 20.9. The largest absolute Gasteiger partial charge is 1.00 e. The Morgan fingerprint density at radius 3 is 1.45 bits per heavy atom. The molecular formula is C30H34Cl2Hf. The Kier molecular flexibility index (Phi) is 9.42. The molecule has 0 aromatic heterocycles. The zero-order valence-corrected chi connectivity index (χ0v) is 26.0. The first-order valence-corrected chi connectivity index (χ1v) is 15.0. The standard InChI is InChI=1S/C17H21.C13H13.2ClH.Hf/c1-12-10-15(11-13(12)2)14-6-8-16(9-7-14)17(3,4)5;1-10-8-13(9-11(10)2)12-6-4-3-5-7-12;;;/h6-9H,10H2,1-5H3;3-7H,8H2,1-2H3;2*1H;/q;;;;+2/p-2. The molecule has 0 radical (unpaired) electrons. The van der Waals surface area contributed by atoms with E-state index in [-0.39, 0.29) is 30.2 Å². The second-order valence-electron chi connectivity index (χ2n) is 10.2. The van der Waals surface area contributed by atoms with E-state index in [2.05, 4.69) is 103 Å². The van der Waals surface area contributed by atoms with Crippen LogP contribution in [-0.4, -0.2) is 0 Å². The van der Waals surface area contributed by atoms with Gasteiger partial charge in [-0.3, -0.25) is 0 Å². The maximum absolute atomic E-state index is 2.38. The van der Waals surface area contributed by atoms with Gasteiger partial charge in [-0.1, -0.05) is 0 Å². The predicted molar refractivity (Wildman–Crippen MR) is 131 cm³/mol. The Labute approximate surface area is 224 Å². The van der Waals surface area contributed by atoms with Crippen LogP contribution in [0.4, 0.5) is 0 Å². The van der Waals surface area contributed by atoms with Crippen molar-refractivity contribution in [3.63, 3.8) is 0 Å². The van der Waals surface area contributed by atoms with Crippen molar-refractivity contribution in [3.05, 3.63) is 100 Å². The molecule has 172 valence electrons. The summed E-state index contributed by atoms with van der Waals surface area (Å²) in [6, 6.07) is 20.5. The summed E-state index contributed by atoms with van der Waals surface area (Å²) in [5, 5.41) is 0. The number of rotatable bonds is 4. The molecule has 3 heteroatoms. The molecule has 0 heterocycles. The second kappa shape index (κ2) is 11.1. The van der Waals surface area contributed by atoms with E-state index in [1.807, 2.05) is 0 Å². The topological polar surface area (TPSA) is 0 Å². The molecule has 0 atom stereocenters. The first-order valence-electron chi connectivity index (χ1n) is 11.4. The first-order chi connectivity index (χ1) is 14.7. The van der Waals surface area contributed by atoms with Crippen molar-refractivity contribution >= 4 is 11.1 Å². The molecule has 4 rings (SSSR count). The maximum Gasteiger partial charge on any atom is -1.00 e. The van der Waals surface area contributed by atoms with Crippen molar-refractivity contribution in [1.82, 2.24) is 0 Å². The minimum Gasteiger partial charge on any atom is -1.00 e. The van der Waals surface area contributed by atoms with Crippen LogP contribution in [-0.2, 0) is 28.3 Å². The van der Waals surface area contributed by atoms with Crippen molar-refractivity contribution in [1.29, 1.82) is 0 Å². The second-order valence-corrected chi connectivity index (χ2v) is 14.7. The van der Waals surface area contributed by atoms with Gasteiger partial charge in [-0.2, -0.15) is 0 Å². The first kappa shape index (κ1) is 28.1. The van der Waals surface area contributed by atoms with Gasteiger partial charge >= 0.3 is 201 Å². The van der Waals surface area contributed by atoms with Crippen molar-refractivity contribution < 1.29 is 47.7 Å². The smallest absolute Gasteiger partial charge is 1.00 e. The van der Waals surface area contributed by atoms with Crippen LogP contribution in [0.1, 0.15) is 78.0 Å². The van der Waals surface area contributed by atoms with Crippen LogP contribution in [0.5, 0.6) is 0 Å². The summed E-state index contributed by atoms with van der Waals surface area (Å²) in [6.07, 6.45) is 2.25. The van der Waals surface area contributed by atoms with Gasteiger partial charge in [0.2, 0.25) is 0 Å². The fraction of sp³-hybridized carbons (Fsp3) is 0.333. The van der Waals surface area contributed by atoms with Crippen LogP contribution in [0, 0.1) is 0 Å². The number of allylic oxidation sites excluding steroid dienone is 8. The number of hydrogen-bond acceptors (Lipinski definition) is 0. The molecule has 2 aromatic rings. The minimum atomic E-state index is -1.21. The number of halogens is 2. The fourth-order valence-corrected chi connectivity index (χ4v) is 11.2. The van der Waals surface area contributed by atoms with E-state index in [0.29, 0.717) is 0 Å². The molecule has 0 amide bonds. The molecule has 0 N–H and O–H groups in total. The number of benzene rings is 2. The summed E-state index contributed by atoms with van der Waals surface area (Å²) in [6.45, 7) is 16.3. The van der Waals surface area contributed by atoms with Crippen LogP contribution in [0.2, 0.25) is 0 Å². The molecule has 2 aliphatic carbocycles. The van der Waals surface area contributed by atoms with Crippen LogP contribution < -0.4 is 24.8 Å². The summed E-state index contributed by atoms with van der Waals surface area (Å²) in [4.78, 5) is 0. The van der Waals surface area contributed by atoms with E-state index in [1.165, 1.54) is 16.7 Å². The van der Waals surface area contributed by atoms with Gasteiger partial charge in [0.1, 0.15) is 0 Å². The van der Waals surface area contributed by atoms with Crippen LogP contribution in [0.3, 0.4) is 0 Å². The molecule has 0 saturated carbocycles. The van der Waals surface area contributed by atoms with Crippen molar-refractivity contribution in [2.75, 3.05) is 0 Å². The summed E-state index contributed by atoms with van der Waals surface area (Å²) < 4.78 is 3.47. The summed E-state index contributed by atoms with van der Waals surface area (Å²) in [7, 11) is 0. The Hall–Kier alpha value is -1.15. The molecule has 0 spiro atoms. The van der Waals surface area contributed by atoms with Crippen molar-refractivity contribution in [2.45, 2.75) is 66.7 Å². The summed E-state index contributed by atoms with van der Waals surface area (Å²) in [5.74, 6) is 0. The Bertz CT molecular complexity index is 1140. The SMILES string of the molecule is CC1=C(C)[C]([Hf+2][C]2=C(c3ccc(C(C)(C)C)cc3)CC(C)=C2C)=C(c2ccccc2)C1.[Cl-].[Cl-]. The van der Waals surface area contributed by atoms with Crippen molar-refractivity contribution in [2.24, 2.45) is 0 Å². The monoisotopic (exact) mass is 644 g/mol. The van der Waals surface area contributed by atoms with E-state index >= 15 is 0 Å². The average molecular weight is 644 g/mol. The molecule has 0 fully saturated rings. The Morgan fingerprint density at radius 1 is 0.606 bits per heavy atom. The fourth-order valence-electron chi connectivity index (χ4n) is 4.62. The molecule has 0 aliphatic heterocycles. The Balaban J connectivity index is 0.00000193. The van der Waals surface area contributed by atoms with Gasteiger partial charge in [-0.15, -0.1) is 0 Å². The van der Waals surface area contributed by atoms with Gasteiger partial charge < -0.3 is 24.8 Å². The maximum atomic E-state index is 2.38. The van der Waals surface area contributed by atoms with Crippen LogP contribution in [0.25, 0.3) is 11.1 Å². The van der Waals surface area contributed by atoms with Gasteiger partial charge in [0.15, 0.2) is 0 Å². The van der Waals surface area contributed by atoms with Gasteiger partial charge in [-0.25, -0.2) is 0 Å². The molecule has 0 bridgehead atoms. The normalized spacial score (nSPS) is 16.2. The third-order valence-corrected chi connectivity index (χ3v) is 13.6. The minimum absolute atomic E-state index is 0. The molecule has 33 heavy (non-hydrogen) atoms. The van der Waals surface area contributed by atoms with E-state index < -0.39 is 22.9 Å². The third-order valence-electron chi connectivity index (χ3n) is 6.99. The molecule has 0 saturated heterocycles. The van der Waals surface area contributed by atoms with E-state index in [0.717, 1.165) is 12.8 Å². The van der Waals surface area contributed by atoms with E-state index in [4.69, 9.17) is 0 Å². The Morgan fingerprint density at radius 2 is 1.03 bits per heavy atom. The molecule has 0 nitrogen and oxygen atoms in total. The number of hydrogen-bond donors (Lipinski definition) is 0. The third kappa shape index (κ3) is 5.75. The van der Waals surface area contributed by atoms with Gasteiger partial charge in [0.05, 0.1) is 0 Å². The molecule has 0 unspecified atom stereocenters. The predicted octanol–water partition coefficient (Wildman–Crippen LogP) is 2.68. The molecule has 2 aromatic carbocycles. The van der Waals surface area contributed by atoms with E-state index in [9.17, 15) is 0 Å². The van der Waals surface area contributed by atoms with Gasteiger partial charge in [0.25, 0.3) is 0 Å². The van der Waals surface area contributed by atoms with E-state index in [1.54, 1.807) is 40.1 Å². The van der Waals surface area contributed by atoms with Gasteiger partial charge in [-0.05, 0) is 0 Å². The van der Waals surface area contributed by atoms with Crippen LogP contribution in [0.15, 0.2) is 83.5 Å². The summed E-state index contributed by atoms with van der Waals surface area (Å²) >= 11 is -1.21. The quantitative estimate of drug-likeness (QED) is 0.450. The van der Waals surface area contributed by atoms with Gasteiger partial charge in [0, 0.05) is 0 Å². The van der Waals surface area contributed by atoms with Crippen LogP contribution >= 0.6 is 0 Å². The molecular weight excluding hydrogens is 610 g/mol. The summed E-state index contributed by atoms with van der Waals surface area (Å²) in [5.41, 5.74) is 14.0. The van der Waals surface area contributed by atoms with Crippen molar-refractivity contribution in [3.8, 4) is 0 Å². The zero-order chi connectivity index (χ0) is 22.3. The molecule has 2 aliphatic rings.